The number of halogens is 3. The lowest BCUT2D eigenvalue weighted by atomic mass is 10.1. The van der Waals surface area contributed by atoms with Crippen LogP contribution in [-0.4, -0.2) is 17.6 Å². The molecule has 27 heavy (non-hydrogen) atoms. The number of amidine groups is 1. The molecule has 2 aliphatic heterocycles. The van der Waals surface area contributed by atoms with Gasteiger partial charge in [-0.25, -0.2) is 18.1 Å². The van der Waals surface area contributed by atoms with Crippen molar-refractivity contribution in [3.63, 3.8) is 0 Å². The van der Waals surface area contributed by atoms with Gasteiger partial charge in [-0.3, -0.25) is 4.90 Å². The molecule has 0 bridgehead atoms. The minimum Gasteiger partial charge on any atom is -0.391 e. The molecule has 2 aromatic carbocycles. The molecule has 1 atom stereocenters. The molecular weight excluding hydrogens is 355 g/mol. The molecule has 2 aromatic rings. The fraction of sp³-hybridized carbons (Fsp3) is 0.150. The Morgan fingerprint density at radius 2 is 1.96 bits per heavy atom. The molecule has 0 amide bonds. The number of aliphatic hydroxyl groups is 1. The lowest BCUT2D eigenvalue weighted by Crippen LogP contribution is -3.13. The van der Waals surface area contributed by atoms with E-state index in [0.29, 0.717) is 23.9 Å². The van der Waals surface area contributed by atoms with E-state index in [1.165, 1.54) is 18.2 Å². The molecule has 4 rings (SSSR count). The molecular formula is C20H17F3N3O+. The van der Waals surface area contributed by atoms with Crippen LogP contribution in [0.15, 0.2) is 59.4 Å². The van der Waals surface area contributed by atoms with Crippen LogP contribution >= 0.6 is 0 Å². The molecule has 0 saturated heterocycles. The summed E-state index contributed by atoms with van der Waals surface area (Å²) in [6.07, 6.45) is 3.52. The summed E-state index contributed by atoms with van der Waals surface area (Å²) in [5.41, 5.74) is 2.27. The molecule has 0 aliphatic carbocycles. The minimum absolute atomic E-state index is 0.215. The molecule has 4 nitrogen and oxygen atoms in total. The predicted molar refractivity (Wildman–Crippen MR) is 96.2 cm³/mol. The molecule has 0 fully saturated rings. The molecule has 0 aromatic heterocycles. The summed E-state index contributed by atoms with van der Waals surface area (Å²) < 4.78 is 41.4. The van der Waals surface area contributed by atoms with Crippen LogP contribution in [-0.2, 0) is 6.61 Å². The van der Waals surface area contributed by atoms with Gasteiger partial charge in [0.1, 0.15) is 28.8 Å². The fourth-order valence-corrected chi connectivity index (χ4v) is 3.41. The summed E-state index contributed by atoms with van der Waals surface area (Å²) in [5.74, 6) is -1.08. The van der Waals surface area contributed by atoms with Gasteiger partial charge in [0.25, 0.3) is 0 Å². The SMILES string of the molecule is CC1=C(c2ccc(F)cc2F)N=C2C=CN(c3cccc(F)c3CO)C[NH+]21. The van der Waals surface area contributed by atoms with Gasteiger partial charge >= 0.3 is 0 Å². The average molecular weight is 372 g/mol. The third kappa shape index (κ3) is 2.94. The van der Waals surface area contributed by atoms with Gasteiger partial charge in [-0.15, -0.1) is 0 Å². The summed E-state index contributed by atoms with van der Waals surface area (Å²) in [6.45, 7) is 1.83. The van der Waals surface area contributed by atoms with Crippen molar-refractivity contribution in [3.8, 4) is 0 Å². The number of nitrogens with one attached hydrogen (secondary N) is 1. The van der Waals surface area contributed by atoms with Crippen LogP contribution in [0, 0.1) is 17.5 Å². The van der Waals surface area contributed by atoms with Crippen LogP contribution < -0.4 is 9.80 Å². The summed E-state index contributed by atoms with van der Waals surface area (Å²) in [6, 6.07) is 8.04. The van der Waals surface area contributed by atoms with E-state index in [0.717, 1.165) is 16.7 Å². The lowest BCUT2D eigenvalue weighted by molar-refractivity contribution is -0.757. The van der Waals surface area contributed by atoms with Gasteiger partial charge in [0.05, 0.1) is 12.3 Å². The smallest absolute Gasteiger partial charge is 0.234 e. The van der Waals surface area contributed by atoms with Crippen LogP contribution in [0.4, 0.5) is 18.9 Å². The number of aliphatic hydroxyl groups excluding tert-OH is 1. The normalized spacial score (nSPS) is 18.8. The second kappa shape index (κ2) is 6.68. The van der Waals surface area contributed by atoms with Gasteiger partial charge in [0, 0.05) is 36.4 Å². The zero-order chi connectivity index (χ0) is 19.1. The summed E-state index contributed by atoms with van der Waals surface area (Å²) in [5, 5.41) is 9.51. The number of rotatable bonds is 3. The quantitative estimate of drug-likeness (QED) is 0.870. The average Bonchev–Trinajstić information content (AvgIpc) is 2.97. The van der Waals surface area contributed by atoms with Crippen molar-refractivity contribution >= 4 is 17.2 Å². The largest absolute Gasteiger partial charge is 0.391 e. The van der Waals surface area contributed by atoms with Crippen molar-refractivity contribution in [2.75, 3.05) is 11.6 Å². The summed E-state index contributed by atoms with van der Waals surface area (Å²) >= 11 is 0. The molecule has 138 valence electrons. The predicted octanol–water partition coefficient (Wildman–Crippen LogP) is 2.57. The summed E-state index contributed by atoms with van der Waals surface area (Å²) in [4.78, 5) is 7.19. The monoisotopic (exact) mass is 372 g/mol. The van der Waals surface area contributed by atoms with E-state index in [1.54, 1.807) is 24.4 Å². The van der Waals surface area contributed by atoms with Gasteiger partial charge in [0.2, 0.25) is 5.84 Å². The maximum atomic E-state index is 14.2. The summed E-state index contributed by atoms with van der Waals surface area (Å²) in [7, 11) is 0. The topological polar surface area (TPSA) is 40.3 Å². The maximum Gasteiger partial charge on any atom is 0.234 e. The van der Waals surface area contributed by atoms with Gasteiger partial charge in [-0.2, -0.15) is 4.99 Å². The fourth-order valence-electron chi connectivity index (χ4n) is 3.41. The van der Waals surface area contributed by atoms with Crippen LogP contribution in [0.5, 0.6) is 0 Å². The number of fused-ring (bicyclic) bond motifs is 1. The highest BCUT2D eigenvalue weighted by Gasteiger charge is 2.34. The van der Waals surface area contributed by atoms with Crippen molar-refractivity contribution in [1.29, 1.82) is 0 Å². The first-order valence-corrected chi connectivity index (χ1v) is 8.44. The Balaban J connectivity index is 1.70. The van der Waals surface area contributed by atoms with Gasteiger partial charge in [-0.1, -0.05) is 6.07 Å². The van der Waals surface area contributed by atoms with Crippen molar-refractivity contribution in [2.24, 2.45) is 4.99 Å². The van der Waals surface area contributed by atoms with E-state index in [2.05, 4.69) is 4.99 Å². The molecule has 0 radical (unpaired) electrons. The number of quaternary nitrogens is 1. The Labute approximate surface area is 154 Å². The number of hydrogen-bond donors (Lipinski definition) is 2. The van der Waals surface area contributed by atoms with Gasteiger partial charge < -0.3 is 5.11 Å². The number of anilines is 1. The Morgan fingerprint density at radius 1 is 1.15 bits per heavy atom. The Kier molecular flexibility index (Phi) is 4.33. The van der Waals surface area contributed by atoms with E-state index < -0.39 is 24.1 Å². The van der Waals surface area contributed by atoms with Gasteiger partial charge in [-0.05, 0) is 24.3 Å². The van der Waals surface area contributed by atoms with Crippen LogP contribution in [0.1, 0.15) is 18.1 Å². The zero-order valence-corrected chi connectivity index (χ0v) is 14.5. The number of nitrogens with zero attached hydrogens (tertiary/aromatic N) is 2. The molecule has 2 heterocycles. The molecule has 0 saturated carbocycles. The van der Waals surface area contributed by atoms with E-state index in [9.17, 15) is 18.3 Å². The standard InChI is InChI=1S/C20H16F3N3O/c1-12-20(14-6-5-13(21)9-17(14)23)24-19-7-8-25(11-26(12)19)18-4-2-3-16(22)15(18)10-27/h2-9,27H,10-11H2,1H3/p+1. The number of hydrogen-bond acceptors (Lipinski definition) is 3. The zero-order valence-electron chi connectivity index (χ0n) is 14.5. The number of benzene rings is 2. The molecule has 2 aliphatic rings. The Morgan fingerprint density at radius 3 is 2.70 bits per heavy atom. The second-order valence-corrected chi connectivity index (χ2v) is 6.41. The molecule has 2 N–H and O–H groups in total. The third-order valence-corrected chi connectivity index (χ3v) is 4.84. The van der Waals surface area contributed by atoms with Gasteiger partial charge in [0.15, 0.2) is 6.67 Å². The third-order valence-electron chi connectivity index (χ3n) is 4.84. The van der Waals surface area contributed by atoms with Crippen LogP contribution in [0.2, 0.25) is 0 Å². The molecule has 1 unspecified atom stereocenters. The second-order valence-electron chi connectivity index (χ2n) is 6.41. The van der Waals surface area contributed by atoms with E-state index in [-0.39, 0.29) is 11.1 Å². The van der Waals surface area contributed by atoms with E-state index in [1.807, 2.05) is 11.8 Å². The van der Waals surface area contributed by atoms with Crippen LogP contribution in [0.3, 0.4) is 0 Å². The Bertz CT molecular complexity index is 1010. The van der Waals surface area contributed by atoms with E-state index in [4.69, 9.17) is 0 Å². The molecule has 0 spiro atoms. The first kappa shape index (κ1) is 17.5. The van der Waals surface area contributed by atoms with Crippen molar-refractivity contribution in [1.82, 2.24) is 0 Å². The van der Waals surface area contributed by atoms with Crippen LogP contribution in [0.25, 0.3) is 5.70 Å². The highest BCUT2D eigenvalue weighted by molar-refractivity contribution is 5.95. The van der Waals surface area contributed by atoms with Crippen molar-refractivity contribution < 1.29 is 23.2 Å². The Hall–Kier alpha value is -2.90. The molecule has 7 heteroatoms. The maximum absolute atomic E-state index is 14.2. The van der Waals surface area contributed by atoms with Crippen molar-refractivity contribution in [3.05, 3.63) is 82.9 Å². The first-order chi connectivity index (χ1) is 13.0. The number of allylic oxidation sites excluding steroid dienone is 1. The van der Waals surface area contributed by atoms with E-state index >= 15 is 0 Å². The number of aliphatic imine (C=N–C) groups is 1. The highest BCUT2D eigenvalue weighted by Crippen LogP contribution is 2.27. The lowest BCUT2D eigenvalue weighted by Gasteiger charge is -2.29. The van der Waals surface area contributed by atoms with Crippen molar-refractivity contribution in [2.45, 2.75) is 13.5 Å². The minimum atomic E-state index is -0.665. The highest BCUT2D eigenvalue weighted by atomic mass is 19.1. The first-order valence-electron chi connectivity index (χ1n) is 8.44.